The molecular formula is C24H29F3O2. The van der Waals surface area contributed by atoms with Gasteiger partial charge in [-0.05, 0) is 49.4 Å². The predicted octanol–water partition coefficient (Wildman–Crippen LogP) is 7.01. The largest absolute Gasteiger partial charge is 0.490 e. The lowest BCUT2D eigenvalue weighted by Crippen LogP contribution is -2.24. The monoisotopic (exact) mass is 406 g/mol. The van der Waals surface area contributed by atoms with Gasteiger partial charge in [0.15, 0.2) is 11.6 Å². The van der Waals surface area contributed by atoms with Gasteiger partial charge in [-0.3, -0.25) is 0 Å². The summed E-state index contributed by atoms with van der Waals surface area (Å²) in [5.41, 5.74) is 0.781. The first-order chi connectivity index (χ1) is 14.0. The van der Waals surface area contributed by atoms with Gasteiger partial charge in [0.05, 0.1) is 19.3 Å². The third-order valence-electron chi connectivity index (χ3n) is 5.51. The van der Waals surface area contributed by atoms with E-state index in [2.05, 4.69) is 6.92 Å². The van der Waals surface area contributed by atoms with Gasteiger partial charge in [0.2, 0.25) is 5.82 Å². The smallest absolute Gasteiger partial charge is 0.201 e. The number of hydrogen-bond donors (Lipinski definition) is 0. The van der Waals surface area contributed by atoms with Crippen molar-refractivity contribution in [1.82, 2.24) is 0 Å². The lowest BCUT2D eigenvalue weighted by atomic mass is 9.89. The van der Waals surface area contributed by atoms with Gasteiger partial charge in [-0.2, -0.15) is 4.39 Å². The fraction of sp³-hybridized carbons (Fsp3) is 0.500. The Labute approximate surface area is 171 Å². The van der Waals surface area contributed by atoms with E-state index >= 15 is 0 Å². The first-order valence-corrected chi connectivity index (χ1v) is 10.6. The van der Waals surface area contributed by atoms with Crippen LogP contribution in [0.2, 0.25) is 0 Å². The summed E-state index contributed by atoms with van der Waals surface area (Å²) < 4.78 is 54.7. The molecule has 1 aliphatic rings. The van der Waals surface area contributed by atoms with Gasteiger partial charge in [-0.15, -0.1) is 0 Å². The third kappa shape index (κ3) is 5.13. The Morgan fingerprint density at radius 1 is 0.966 bits per heavy atom. The van der Waals surface area contributed by atoms with Crippen LogP contribution < -0.4 is 4.74 Å². The molecule has 0 N–H and O–H groups in total. The SMILES string of the molecule is CCCCC1CCC(c2ccc(-c3ccc(OCCC)c(F)c3F)c(F)c2)CO1. The highest BCUT2D eigenvalue weighted by atomic mass is 19.2. The summed E-state index contributed by atoms with van der Waals surface area (Å²) in [6.45, 7) is 4.90. The minimum atomic E-state index is -1.09. The Balaban J connectivity index is 1.74. The quantitative estimate of drug-likeness (QED) is 0.469. The van der Waals surface area contributed by atoms with Gasteiger partial charge in [-0.25, -0.2) is 8.78 Å². The van der Waals surface area contributed by atoms with Crippen molar-refractivity contribution in [3.63, 3.8) is 0 Å². The molecule has 0 radical (unpaired) electrons. The van der Waals surface area contributed by atoms with Crippen molar-refractivity contribution in [3.8, 4) is 16.9 Å². The lowest BCUT2D eigenvalue weighted by molar-refractivity contribution is -0.00193. The van der Waals surface area contributed by atoms with Gasteiger partial charge in [0.1, 0.15) is 5.82 Å². The molecule has 0 saturated carbocycles. The molecule has 1 heterocycles. The second-order valence-electron chi connectivity index (χ2n) is 7.70. The molecule has 2 aromatic carbocycles. The topological polar surface area (TPSA) is 18.5 Å². The Hall–Kier alpha value is -2.01. The molecule has 1 saturated heterocycles. The summed E-state index contributed by atoms with van der Waals surface area (Å²) >= 11 is 0. The van der Waals surface area contributed by atoms with Crippen molar-refractivity contribution in [2.24, 2.45) is 0 Å². The fourth-order valence-corrected chi connectivity index (χ4v) is 3.80. The van der Waals surface area contributed by atoms with Crippen molar-refractivity contribution >= 4 is 0 Å². The summed E-state index contributed by atoms with van der Waals surface area (Å²) in [6.07, 6.45) is 6.26. The van der Waals surface area contributed by atoms with Crippen molar-refractivity contribution in [3.05, 3.63) is 53.3 Å². The lowest BCUT2D eigenvalue weighted by Gasteiger charge is -2.29. The molecule has 2 aromatic rings. The van der Waals surface area contributed by atoms with Crippen LogP contribution in [-0.4, -0.2) is 19.3 Å². The highest BCUT2D eigenvalue weighted by Gasteiger charge is 2.24. The summed E-state index contributed by atoms with van der Waals surface area (Å²) in [4.78, 5) is 0. The van der Waals surface area contributed by atoms with Crippen molar-refractivity contribution in [2.45, 2.75) is 64.4 Å². The molecule has 0 spiro atoms. The maximum atomic E-state index is 14.8. The van der Waals surface area contributed by atoms with E-state index in [9.17, 15) is 13.2 Å². The average molecular weight is 406 g/mol. The van der Waals surface area contributed by atoms with Gasteiger partial charge in [-0.1, -0.05) is 38.8 Å². The zero-order valence-electron chi connectivity index (χ0n) is 17.1. The fourth-order valence-electron chi connectivity index (χ4n) is 3.80. The van der Waals surface area contributed by atoms with Crippen LogP contribution in [0.3, 0.4) is 0 Å². The molecule has 2 unspecified atom stereocenters. The van der Waals surface area contributed by atoms with E-state index in [1.54, 1.807) is 6.07 Å². The molecular weight excluding hydrogens is 377 g/mol. The zero-order chi connectivity index (χ0) is 20.8. The first-order valence-electron chi connectivity index (χ1n) is 10.6. The zero-order valence-corrected chi connectivity index (χ0v) is 17.1. The number of ether oxygens (including phenoxy) is 2. The van der Waals surface area contributed by atoms with E-state index in [0.717, 1.165) is 37.7 Å². The highest BCUT2D eigenvalue weighted by molar-refractivity contribution is 5.66. The van der Waals surface area contributed by atoms with Gasteiger partial charge in [0.25, 0.3) is 0 Å². The summed E-state index contributed by atoms with van der Waals surface area (Å²) in [6, 6.07) is 7.45. The summed E-state index contributed by atoms with van der Waals surface area (Å²) in [5.74, 6) is -2.76. The Kier molecular flexibility index (Phi) is 7.59. The second kappa shape index (κ2) is 10.1. The van der Waals surface area contributed by atoms with E-state index in [1.165, 1.54) is 24.3 Å². The number of benzene rings is 2. The predicted molar refractivity (Wildman–Crippen MR) is 109 cm³/mol. The number of rotatable bonds is 8. The molecule has 0 bridgehead atoms. The Bertz CT molecular complexity index is 814. The number of hydrogen-bond acceptors (Lipinski definition) is 2. The first kappa shape index (κ1) is 21.7. The van der Waals surface area contributed by atoms with Gasteiger partial charge in [0, 0.05) is 17.0 Å². The summed E-state index contributed by atoms with van der Waals surface area (Å²) in [5, 5.41) is 0. The maximum absolute atomic E-state index is 14.8. The molecule has 1 aliphatic heterocycles. The maximum Gasteiger partial charge on any atom is 0.201 e. The van der Waals surface area contributed by atoms with E-state index in [4.69, 9.17) is 9.47 Å². The van der Waals surface area contributed by atoms with E-state index in [-0.39, 0.29) is 22.8 Å². The van der Waals surface area contributed by atoms with Gasteiger partial charge >= 0.3 is 0 Å². The molecule has 0 aromatic heterocycles. The van der Waals surface area contributed by atoms with Crippen LogP contribution in [0.15, 0.2) is 30.3 Å². The van der Waals surface area contributed by atoms with Crippen molar-refractivity contribution in [1.29, 1.82) is 0 Å². The summed E-state index contributed by atoms with van der Waals surface area (Å²) in [7, 11) is 0. The molecule has 2 atom stereocenters. The Morgan fingerprint density at radius 3 is 2.41 bits per heavy atom. The normalized spacial score (nSPS) is 19.3. The molecule has 0 aliphatic carbocycles. The Morgan fingerprint density at radius 2 is 1.76 bits per heavy atom. The van der Waals surface area contributed by atoms with Crippen molar-refractivity contribution in [2.75, 3.05) is 13.2 Å². The third-order valence-corrected chi connectivity index (χ3v) is 5.51. The van der Waals surface area contributed by atoms with Crippen LogP contribution in [-0.2, 0) is 4.74 Å². The highest BCUT2D eigenvalue weighted by Crippen LogP contribution is 2.35. The molecule has 29 heavy (non-hydrogen) atoms. The standard InChI is InChI=1S/C24H29F3O2/c1-3-5-6-18-9-7-17(15-29-18)16-8-10-19(21(25)14-16)20-11-12-22(28-13-4-2)24(27)23(20)26/h8,10-12,14,17-18H,3-7,9,13,15H2,1-2H3. The number of unbranched alkanes of at least 4 members (excludes halogenated alkanes) is 1. The van der Waals surface area contributed by atoms with Crippen LogP contribution in [0.5, 0.6) is 5.75 Å². The van der Waals surface area contributed by atoms with E-state index in [0.29, 0.717) is 25.7 Å². The molecule has 158 valence electrons. The van der Waals surface area contributed by atoms with Gasteiger partial charge < -0.3 is 9.47 Å². The molecule has 0 amide bonds. The van der Waals surface area contributed by atoms with Crippen LogP contribution in [0.1, 0.15) is 63.9 Å². The molecule has 2 nitrogen and oxygen atoms in total. The van der Waals surface area contributed by atoms with Crippen molar-refractivity contribution < 1.29 is 22.6 Å². The van der Waals surface area contributed by atoms with E-state index in [1.807, 2.05) is 6.92 Å². The van der Waals surface area contributed by atoms with Crippen LogP contribution in [0, 0.1) is 17.5 Å². The van der Waals surface area contributed by atoms with Crippen LogP contribution >= 0.6 is 0 Å². The minimum Gasteiger partial charge on any atom is -0.490 e. The second-order valence-corrected chi connectivity index (χ2v) is 7.70. The average Bonchev–Trinajstić information content (AvgIpc) is 2.74. The van der Waals surface area contributed by atoms with Crippen LogP contribution in [0.4, 0.5) is 13.2 Å². The molecule has 3 rings (SSSR count). The molecule has 1 fully saturated rings. The van der Waals surface area contributed by atoms with Crippen LogP contribution in [0.25, 0.3) is 11.1 Å². The molecule has 5 heteroatoms. The number of halogens is 3. The minimum absolute atomic E-state index is 0.0461. The van der Waals surface area contributed by atoms with E-state index < -0.39 is 17.5 Å².